The number of benzene rings is 2. The van der Waals surface area contributed by atoms with Gasteiger partial charge in [0.15, 0.2) is 0 Å². The zero-order valence-corrected chi connectivity index (χ0v) is 15.1. The molecule has 3 unspecified atom stereocenters. The molecule has 2 aromatic carbocycles. The van der Waals surface area contributed by atoms with Crippen LogP contribution in [-0.2, 0) is 4.79 Å². The molecule has 1 saturated heterocycles. The average Bonchev–Trinajstić information content (AvgIpc) is 2.61. The van der Waals surface area contributed by atoms with E-state index in [0.29, 0.717) is 10.9 Å². The molecule has 5 heteroatoms. The first kappa shape index (κ1) is 18.0. The number of hydrogen-bond donors (Lipinski definition) is 2. The first-order chi connectivity index (χ1) is 12.1. The first-order valence-electron chi connectivity index (χ1n) is 8.63. The van der Waals surface area contributed by atoms with E-state index < -0.39 is 5.25 Å². The molecule has 1 aliphatic heterocycles. The molecule has 0 saturated carbocycles. The summed E-state index contributed by atoms with van der Waals surface area (Å²) in [6.45, 7) is 3.03. The molecule has 0 radical (unpaired) electrons. The molecule has 25 heavy (non-hydrogen) atoms. The van der Waals surface area contributed by atoms with Crippen LogP contribution in [0.25, 0.3) is 0 Å². The van der Waals surface area contributed by atoms with Crippen LogP contribution < -0.4 is 10.6 Å². The number of carbonyl (C=O) groups is 1. The lowest BCUT2D eigenvalue weighted by molar-refractivity contribution is -0.121. The second-order valence-corrected chi connectivity index (χ2v) is 7.57. The van der Waals surface area contributed by atoms with Crippen LogP contribution in [0.2, 0.25) is 0 Å². The lowest BCUT2D eigenvalue weighted by Crippen LogP contribution is -2.47. The fourth-order valence-electron chi connectivity index (χ4n) is 3.11. The summed E-state index contributed by atoms with van der Waals surface area (Å²) in [5, 5.41) is 6.08. The molecule has 2 aromatic rings. The van der Waals surface area contributed by atoms with Crippen molar-refractivity contribution in [3.05, 3.63) is 66.0 Å². The van der Waals surface area contributed by atoms with Gasteiger partial charge in [-0.2, -0.15) is 0 Å². The van der Waals surface area contributed by atoms with Crippen molar-refractivity contribution >= 4 is 17.7 Å². The Kier molecular flexibility index (Phi) is 6.10. The summed E-state index contributed by atoms with van der Waals surface area (Å²) in [6, 6.07) is 16.7. The molecule has 3 atom stereocenters. The molecular formula is C20H23FN2OS. The molecule has 0 spiro atoms. The Balaban J connectivity index is 1.78. The van der Waals surface area contributed by atoms with Crippen LogP contribution >= 0.6 is 11.8 Å². The van der Waals surface area contributed by atoms with Crippen LogP contribution in [0, 0.1) is 5.82 Å². The normalized spacial score (nSPS) is 21.5. The van der Waals surface area contributed by atoms with E-state index in [0.717, 1.165) is 24.9 Å². The summed E-state index contributed by atoms with van der Waals surface area (Å²) in [4.78, 5) is 13.5. The first-order valence-corrected chi connectivity index (χ1v) is 9.51. The van der Waals surface area contributed by atoms with Gasteiger partial charge >= 0.3 is 0 Å². The molecular weight excluding hydrogens is 335 g/mol. The number of piperidine rings is 1. The topological polar surface area (TPSA) is 41.1 Å². The molecule has 0 bridgehead atoms. The molecule has 3 nitrogen and oxygen atoms in total. The van der Waals surface area contributed by atoms with E-state index in [1.54, 1.807) is 18.2 Å². The summed E-state index contributed by atoms with van der Waals surface area (Å²) >= 11 is 1.26. The summed E-state index contributed by atoms with van der Waals surface area (Å²) in [5.41, 5.74) is 0.884. The van der Waals surface area contributed by atoms with Gasteiger partial charge in [-0.15, -0.1) is 11.8 Å². The van der Waals surface area contributed by atoms with Gasteiger partial charge in [-0.3, -0.25) is 4.79 Å². The van der Waals surface area contributed by atoms with Crippen LogP contribution in [0.15, 0.2) is 59.5 Å². The molecule has 1 amide bonds. The summed E-state index contributed by atoms with van der Waals surface area (Å²) in [5.74, 6) is -0.352. The maximum atomic E-state index is 14.1. The van der Waals surface area contributed by atoms with Crippen LogP contribution in [0.3, 0.4) is 0 Å². The van der Waals surface area contributed by atoms with E-state index in [1.807, 2.05) is 30.3 Å². The molecule has 1 aliphatic rings. The van der Waals surface area contributed by atoms with E-state index in [9.17, 15) is 9.18 Å². The number of hydrogen-bond acceptors (Lipinski definition) is 3. The van der Waals surface area contributed by atoms with Gasteiger partial charge in [-0.1, -0.05) is 42.5 Å². The van der Waals surface area contributed by atoms with Crippen LogP contribution in [0.1, 0.15) is 30.6 Å². The molecule has 0 aliphatic carbocycles. The number of thioether (sulfide) groups is 1. The monoisotopic (exact) mass is 358 g/mol. The SMILES string of the molecule is CC1CC(NC(=O)C(Sc2ccccc2F)c2ccccc2)CCN1. The third-order valence-corrected chi connectivity index (χ3v) is 5.70. The Hall–Kier alpha value is -1.85. The van der Waals surface area contributed by atoms with Gasteiger partial charge in [0, 0.05) is 17.0 Å². The van der Waals surface area contributed by atoms with Crippen molar-refractivity contribution in [1.82, 2.24) is 10.6 Å². The third kappa shape index (κ3) is 4.83. The minimum Gasteiger partial charge on any atom is -0.352 e. The highest BCUT2D eigenvalue weighted by Gasteiger charge is 2.27. The summed E-state index contributed by atoms with van der Waals surface area (Å²) in [6.07, 6.45) is 1.83. The Bertz CT molecular complexity index is 710. The van der Waals surface area contributed by atoms with Crippen molar-refractivity contribution in [3.63, 3.8) is 0 Å². The van der Waals surface area contributed by atoms with E-state index >= 15 is 0 Å². The van der Waals surface area contributed by atoms with E-state index in [4.69, 9.17) is 0 Å². The van der Waals surface area contributed by atoms with Gasteiger partial charge in [0.25, 0.3) is 0 Å². The number of halogens is 1. The minimum atomic E-state index is -0.469. The van der Waals surface area contributed by atoms with Gasteiger partial charge in [0.2, 0.25) is 5.91 Å². The minimum absolute atomic E-state index is 0.0569. The third-order valence-electron chi connectivity index (χ3n) is 4.39. The zero-order chi connectivity index (χ0) is 17.6. The second-order valence-electron chi connectivity index (χ2n) is 6.42. The predicted octanol–water partition coefficient (Wildman–Crippen LogP) is 3.92. The van der Waals surface area contributed by atoms with Crippen molar-refractivity contribution in [2.24, 2.45) is 0 Å². The molecule has 1 heterocycles. The smallest absolute Gasteiger partial charge is 0.238 e. The highest BCUT2D eigenvalue weighted by molar-refractivity contribution is 8.00. The summed E-state index contributed by atoms with van der Waals surface area (Å²) in [7, 11) is 0. The molecule has 0 aromatic heterocycles. The van der Waals surface area contributed by atoms with Crippen molar-refractivity contribution in [2.75, 3.05) is 6.54 Å². The highest BCUT2D eigenvalue weighted by Crippen LogP contribution is 2.36. The maximum absolute atomic E-state index is 14.1. The second kappa shape index (κ2) is 8.50. The predicted molar refractivity (Wildman–Crippen MR) is 100 cm³/mol. The van der Waals surface area contributed by atoms with Crippen LogP contribution in [0.5, 0.6) is 0 Å². The van der Waals surface area contributed by atoms with Gasteiger partial charge < -0.3 is 10.6 Å². The lowest BCUT2D eigenvalue weighted by atomic mass is 10.00. The van der Waals surface area contributed by atoms with Gasteiger partial charge in [0.1, 0.15) is 11.1 Å². The quantitative estimate of drug-likeness (QED) is 0.796. The Morgan fingerprint density at radius 3 is 2.64 bits per heavy atom. The number of carbonyl (C=O) groups excluding carboxylic acids is 1. The van der Waals surface area contributed by atoms with E-state index in [2.05, 4.69) is 17.6 Å². The molecule has 132 valence electrons. The van der Waals surface area contributed by atoms with Crippen LogP contribution in [0.4, 0.5) is 4.39 Å². The Morgan fingerprint density at radius 2 is 1.92 bits per heavy atom. The molecule has 2 N–H and O–H groups in total. The fraction of sp³-hybridized carbons (Fsp3) is 0.350. The maximum Gasteiger partial charge on any atom is 0.238 e. The van der Waals surface area contributed by atoms with Gasteiger partial charge in [-0.05, 0) is 44.0 Å². The Labute approximate surface area is 152 Å². The van der Waals surface area contributed by atoms with E-state index in [-0.39, 0.29) is 17.8 Å². The standard InChI is InChI=1S/C20H23FN2OS/c1-14-13-16(11-12-22-14)23-20(24)19(15-7-3-2-4-8-15)25-18-10-6-5-9-17(18)21/h2-10,14,16,19,22H,11-13H2,1H3,(H,23,24). The van der Waals surface area contributed by atoms with Crippen molar-refractivity contribution in [1.29, 1.82) is 0 Å². The highest BCUT2D eigenvalue weighted by atomic mass is 32.2. The summed E-state index contributed by atoms with van der Waals surface area (Å²) < 4.78 is 14.1. The molecule has 3 rings (SSSR count). The number of rotatable bonds is 5. The lowest BCUT2D eigenvalue weighted by Gasteiger charge is -2.30. The van der Waals surface area contributed by atoms with Crippen molar-refractivity contribution in [3.8, 4) is 0 Å². The van der Waals surface area contributed by atoms with Crippen LogP contribution in [-0.4, -0.2) is 24.5 Å². The van der Waals surface area contributed by atoms with E-state index in [1.165, 1.54) is 17.8 Å². The largest absolute Gasteiger partial charge is 0.352 e. The van der Waals surface area contributed by atoms with Crippen molar-refractivity contribution in [2.45, 2.75) is 42.0 Å². The van der Waals surface area contributed by atoms with Gasteiger partial charge in [-0.25, -0.2) is 4.39 Å². The fourth-order valence-corrected chi connectivity index (χ4v) is 4.17. The zero-order valence-electron chi connectivity index (χ0n) is 14.2. The van der Waals surface area contributed by atoms with Gasteiger partial charge in [0.05, 0.1) is 0 Å². The average molecular weight is 358 g/mol. The number of nitrogens with one attached hydrogen (secondary N) is 2. The van der Waals surface area contributed by atoms with Crippen molar-refractivity contribution < 1.29 is 9.18 Å². The Morgan fingerprint density at radius 1 is 1.20 bits per heavy atom. The number of amides is 1. The molecule has 1 fully saturated rings.